The molecule has 0 unspecified atom stereocenters. The van der Waals surface area contributed by atoms with E-state index in [1.54, 1.807) is 16.8 Å². The zero-order valence-corrected chi connectivity index (χ0v) is 15.4. The molecule has 1 saturated heterocycles. The van der Waals surface area contributed by atoms with Crippen LogP contribution in [-0.2, 0) is 6.18 Å². The summed E-state index contributed by atoms with van der Waals surface area (Å²) in [5.41, 5.74) is -0.492. The lowest BCUT2D eigenvalue weighted by molar-refractivity contribution is -0.384. The molecular weight excluding hydrogens is 391 g/mol. The molecule has 1 aliphatic heterocycles. The Balaban J connectivity index is 1.67. The van der Waals surface area contributed by atoms with Gasteiger partial charge in [0.2, 0.25) is 0 Å². The number of piperazine rings is 1. The monoisotopic (exact) mass is 409 g/mol. The fourth-order valence-electron chi connectivity index (χ4n) is 3.09. The Hall–Kier alpha value is -3.37. The number of amides is 1. The number of halogens is 3. The lowest BCUT2D eigenvalue weighted by Gasteiger charge is -2.35. The molecule has 0 saturated carbocycles. The summed E-state index contributed by atoms with van der Waals surface area (Å²) in [6, 6.07) is 6.51. The molecule has 2 aromatic rings. The largest absolute Gasteiger partial charge is 0.417 e. The van der Waals surface area contributed by atoms with Crippen molar-refractivity contribution in [1.29, 1.82) is 0 Å². The maximum atomic E-state index is 12.7. The van der Waals surface area contributed by atoms with Crippen molar-refractivity contribution in [3.05, 3.63) is 57.8 Å². The van der Waals surface area contributed by atoms with Gasteiger partial charge in [0, 0.05) is 51.1 Å². The van der Waals surface area contributed by atoms with Crippen LogP contribution in [0.5, 0.6) is 0 Å². The Morgan fingerprint density at radius 1 is 1.17 bits per heavy atom. The Kier molecular flexibility index (Phi) is 5.57. The van der Waals surface area contributed by atoms with Crippen LogP contribution in [0.1, 0.15) is 15.9 Å². The van der Waals surface area contributed by atoms with Crippen LogP contribution >= 0.6 is 0 Å². The van der Waals surface area contributed by atoms with Gasteiger partial charge in [-0.3, -0.25) is 14.9 Å². The number of benzene rings is 1. The van der Waals surface area contributed by atoms with Crippen molar-refractivity contribution in [3.8, 4) is 0 Å². The number of hydrogen-bond donors (Lipinski definition) is 1. The van der Waals surface area contributed by atoms with Crippen LogP contribution in [0.2, 0.25) is 0 Å². The highest BCUT2D eigenvalue weighted by atomic mass is 19.4. The van der Waals surface area contributed by atoms with E-state index in [0.717, 1.165) is 12.3 Å². The van der Waals surface area contributed by atoms with Gasteiger partial charge in [0.15, 0.2) is 0 Å². The van der Waals surface area contributed by atoms with E-state index < -0.39 is 16.7 Å². The van der Waals surface area contributed by atoms with Crippen LogP contribution in [-0.4, -0.2) is 53.9 Å². The Labute approximate surface area is 164 Å². The summed E-state index contributed by atoms with van der Waals surface area (Å²) in [4.78, 5) is 30.5. The third-order valence-corrected chi connectivity index (χ3v) is 4.68. The predicted octanol–water partition coefficient (Wildman–Crippen LogP) is 3.01. The summed E-state index contributed by atoms with van der Waals surface area (Å²) < 4.78 is 37.9. The average Bonchev–Trinajstić information content (AvgIpc) is 2.72. The number of carbonyl (C=O) groups excluding carboxylic acids is 1. The van der Waals surface area contributed by atoms with E-state index in [-0.39, 0.29) is 17.2 Å². The Morgan fingerprint density at radius 2 is 1.86 bits per heavy atom. The molecule has 1 amide bonds. The van der Waals surface area contributed by atoms with Gasteiger partial charge in [-0.1, -0.05) is 0 Å². The van der Waals surface area contributed by atoms with E-state index in [9.17, 15) is 28.1 Å². The maximum absolute atomic E-state index is 12.7. The number of nitro benzene ring substituents is 1. The van der Waals surface area contributed by atoms with Gasteiger partial charge >= 0.3 is 6.18 Å². The molecule has 0 radical (unpaired) electrons. The van der Waals surface area contributed by atoms with Gasteiger partial charge in [-0.15, -0.1) is 0 Å². The lowest BCUT2D eigenvalue weighted by atomic mass is 10.1. The molecule has 3 rings (SSSR count). The minimum absolute atomic E-state index is 0.189. The fraction of sp³-hybridized carbons (Fsp3) is 0.333. The standard InChI is InChI=1S/C18H18F3N5O3/c1-22-14-4-2-12(10-15(14)26(28)29)17(27)25-8-6-24(7-9-25)16-5-3-13(11-23-16)18(19,20)21/h2-5,10-11,22H,6-9H2,1H3. The lowest BCUT2D eigenvalue weighted by Crippen LogP contribution is -2.49. The Bertz CT molecular complexity index is 910. The molecule has 2 heterocycles. The van der Waals surface area contributed by atoms with Gasteiger partial charge in [0.05, 0.1) is 10.5 Å². The highest BCUT2D eigenvalue weighted by Gasteiger charge is 2.31. The van der Waals surface area contributed by atoms with E-state index in [2.05, 4.69) is 10.3 Å². The minimum atomic E-state index is -4.44. The SMILES string of the molecule is CNc1ccc(C(=O)N2CCN(c3ccc(C(F)(F)F)cn3)CC2)cc1[N+](=O)[O-]. The molecule has 154 valence electrons. The summed E-state index contributed by atoms with van der Waals surface area (Å²) in [5.74, 6) is 0.0647. The number of nitrogens with one attached hydrogen (secondary N) is 1. The van der Waals surface area contributed by atoms with Crippen molar-refractivity contribution in [2.45, 2.75) is 6.18 Å². The molecule has 11 heteroatoms. The van der Waals surface area contributed by atoms with Crippen LogP contribution in [0.4, 0.5) is 30.4 Å². The fourth-order valence-corrected chi connectivity index (χ4v) is 3.09. The molecule has 29 heavy (non-hydrogen) atoms. The van der Waals surface area contributed by atoms with Gasteiger partial charge in [-0.2, -0.15) is 13.2 Å². The van der Waals surface area contributed by atoms with Crippen molar-refractivity contribution in [2.24, 2.45) is 0 Å². The van der Waals surface area contributed by atoms with E-state index in [1.165, 1.54) is 24.3 Å². The average molecular weight is 409 g/mol. The second-order valence-corrected chi connectivity index (χ2v) is 6.42. The molecule has 0 spiro atoms. The Morgan fingerprint density at radius 3 is 2.38 bits per heavy atom. The number of pyridine rings is 1. The molecular formula is C18H18F3N5O3. The zero-order chi connectivity index (χ0) is 21.2. The quantitative estimate of drug-likeness (QED) is 0.617. The number of nitro groups is 1. The van der Waals surface area contributed by atoms with Crippen LogP contribution in [0.3, 0.4) is 0 Å². The number of anilines is 2. The van der Waals surface area contributed by atoms with E-state index >= 15 is 0 Å². The number of hydrogen-bond acceptors (Lipinski definition) is 6. The number of carbonyl (C=O) groups is 1. The van der Waals surface area contributed by atoms with Crippen LogP contribution in [0, 0.1) is 10.1 Å². The van der Waals surface area contributed by atoms with Crippen LogP contribution in [0.15, 0.2) is 36.5 Å². The number of alkyl halides is 3. The van der Waals surface area contributed by atoms with Gasteiger partial charge in [0.25, 0.3) is 11.6 Å². The molecule has 1 fully saturated rings. The smallest absolute Gasteiger partial charge is 0.383 e. The van der Waals surface area contributed by atoms with Gasteiger partial charge in [-0.25, -0.2) is 4.98 Å². The van der Waals surface area contributed by atoms with Crippen molar-refractivity contribution in [1.82, 2.24) is 9.88 Å². The van der Waals surface area contributed by atoms with Crippen molar-refractivity contribution in [2.75, 3.05) is 43.4 Å². The van der Waals surface area contributed by atoms with Crippen LogP contribution in [0.25, 0.3) is 0 Å². The molecule has 1 aromatic carbocycles. The van der Waals surface area contributed by atoms with E-state index in [4.69, 9.17) is 0 Å². The third-order valence-electron chi connectivity index (χ3n) is 4.68. The second kappa shape index (κ2) is 7.94. The highest BCUT2D eigenvalue weighted by molar-refractivity contribution is 5.96. The predicted molar refractivity (Wildman–Crippen MR) is 100.0 cm³/mol. The highest BCUT2D eigenvalue weighted by Crippen LogP contribution is 2.30. The third kappa shape index (κ3) is 4.39. The van der Waals surface area contributed by atoms with Gasteiger partial charge in [0.1, 0.15) is 11.5 Å². The summed E-state index contributed by atoms with van der Waals surface area (Å²) in [5, 5.41) is 13.9. The first-order valence-corrected chi connectivity index (χ1v) is 8.74. The summed E-state index contributed by atoms with van der Waals surface area (Å²) in [6.07, 6.45) is -3.66. The van der Waals surface area contributed by atoms with Crippen LogP contribution < -0.4 is 10.2 Å². The van der Waals surface area contributed by atoms with E-state index in [0.29, 0.717) is 37.7 Å². The summed E-state index contributed by atoms with van der Waals surface area (Å²) in [7, 11) is 1.55. The second-order valence-electron chi connectivity index (χ2n) is 6.42. The molecule has 0 atom stereocenters. The molecule has 0 bridgehead atoms. The first-order valence-electron chi connectivity index (χ1n) is 8.74. The number of aromatic nitrogens is 1. The summed E-state index contributed by atoms with van der Waals surface area (Å²) >= 11 is 0. The maximum Gasteiger partial charge on any atom is 0.417 e. The first kappa shape index (κ1) is 20.4. The normalized spacial score (nSPS) is 14.6. The number of rotatable bonds is 4. The molecule has 0 aliphatic carbocycles. The molecule has 8 nitrogen and oxygen atoms in total. The van der Waals surface area contributed by atoms with Gasteiger partial charge < -0.3 is 15.1 Å². The van der Waals surface area contributed by atoms with Crippen molar-refractivity contribution < 1.29 is 22.9 Å². The van der Waals surface area contributed by atoms with Crippen molar-refractivity contribution in [3.63, 3.8) is 0 Å². The number of nitrogens with zero attached hydrogens (tertiary/aromatic N) is 4. The first-order chi connectivity index (χ1) is 13.7. The minimum Gasteiger partial charge on any atom is -0.383 e. The zero-order valence-electron chi connectivity index (χ0n) is 15.4. The topological polar surface area (TPSA) is 91.6 Å². The summed E-state index contributed by atoms with van der Waals surface area (Å²) in [6.45, 7) is 1.42. The van der Waals surface area contributed by atoms with Crippen molar-refractivity contribution >= 4 is 23.1 Å². The molecule has 1 N–H and O–H groups in total. The van der Waals surface area contributed by atoms with E-state index in [1.807, 2.05) is 0 Å². The molecule has 1 aromatic heterocycles. The van der Waals surface area contributed by atoms with Gasteiger partial charge in [-0.05, 0) is 24.3 Å². The molecule has 1 aliphatic rings.